The van der Waals surface area contributed by atoms with Gasteiger partial charge in [0.05, 0.1) is 36.0 Å². The standard InChI is InChI=1S/C16H21ClN2O5S/c1-5-23-14(20)12-10-11(6-7-13(12)17)18-8-9-19(25(18)22)15(21)24-16(2,3)4/h6-7,10H,5,8-9H2,1-4H3. The molecule has 0 bridgehead atoms. The molecular formula is C16H21ClN2O5S. The van der Waals surface area contributed by atoms with E-state index in [9.17, 15) is 13.8 Å². The highest BCUT2D eigenvalue weighted by Crippen LogP contribution is 2.28. The van der Waals surface area contributed by atoms with Crippen LogP contribution >= 0.6 is 11.6 Å². The Balaban J connectivity index is 2.20. The van der Waals surface area contributed by atoms with Gasteiger partial charge >= 0.3 is 12.1 Å². The van der Waals surface area contributed by atoms with Gasteiger partial charge in [0, 0.05) is 0 Å². The number of ether oxygens (including phenoxy) is 2. The first-order chi connectivity index (χ1) is 11.6. The van der Waals surface area contributed by atoms with Gasteiger partial charge in [-0.25, -0.2) is 18.1 Å². The van der Waals surface area contributed by atoms with Gasteiger partial charge in [-0.05, 0) is 45.9 Å². The third-order valence-corrected chi connectivity index (χ3v) is 5.02. The average Bonchev–Trinajstić information content (AvgIpc) is 2.88. The quantitative estimate of drug-likeness (QED) is 0.743. The molecule has 0 radical (unpaired) electrons. The number of hydrogen-bond acceptors (Lipinski definition) is 5. The SMILES string of the molecule is CCOC(=O)c1cc(N2CCN(C(=O)OC(C)(C)C)S2=O)ccc1Cl. The van der Waals surface area contributed by atoms with Crippen molar-refractivity contribution < 1.29 is 23.3 Å². The molecule has 1 unspecified atom stereocenters. The van der Waals surface area contributed by atoms with Gasteiger partial charge in [-0.3, -0.25) is 4.31 Å². The number of hydrogen-bond donors (Lipinski definition) is 0. The van der Waals surface area contributed by atoms with Gasteiger partial charge in [-0.15, -0.1) is 0 Å². The van der Waals surface area contributed by atoms with Gasteiger partial charge in [-0.1, -0.05) is 11.6 Å². The molecule has 1 amide bonds. The molecular weight excluding hydrogens is 368 g/mol. The lowest BCUT2D eigenvalue weighted by molar-refractivity contribution is 0.0409. The number of rotatable bonds is 3. The molecule has 0 saturated carbocycles. The van der Waals surface area contributed by atoms with Crippen molar-refractivity contribution in [3.8, 4) is 0 Å². The zero-order chi connectivity index (χ0) is 18.8. The fourth-order valence-corrected chi connectivity index (χ4v) is 3.54. The Hall–Kier alpha value is -1.80. The number of benzene rings is 1. The molecule has 25 heavy (non-hydrogen) atoms. The smallest absolute Gasteiger partial charge is 0.423 e. The first-order valence-electron chi connectivity index (χ1n) is 7.80. The molecule has 0 aromatic heterocycles. The molecule has 138 valence electrons. The van der Waals surface area contributed by atoms with Crippen molar-refractivity contribution in [2.75, 3.05) is 24.0 Å². The molecule has 1 atom stereocenters. The summed E-state index contributed by atoms with van der Waals surface area (Å²) in [6.07, 6.45) is -0.645. The summed E-state index contributed by atoms with van der Waals surface area (Å²) >= 11 is 4.29. The fraction of sp³-hybridized carbons (Fsp3) is 0.500. The Bertz CT molecular complexity index is 704. The fourth-order valence-electron chi connectivity index (χ4n) is 2.18. The van der Waals surface area contributed by atoms with Crippen LogP contribution in [0.5, 0.6) is 0 Å². The van der Waals surface area contributed by atoms with Crippen molar-refractivity contribution in [2.45, 2.75) is 33.3 Å². The lowest BCUT2D eigenvalue weighted by Gasteiger charge is -2.24. The van der Waals surface area contributed by atoms with Gasteiger partial charge in [0.2, 0.25) is 11.2 Å². The molecule has 1 aliphatic rings. The van der Waals surface area contributed by atoms with Crippen LogP contribution < -0.4 is 4.31 Å². The Morgan fingerprint density at radius 1 is 1.28 bits per heavy atom. The van der Waals surface area contributed by atoms with Gasteiger partial charge < -0.3 is 9.47 Å². The van der Waals surface area contributed by atoms with Crippen LogP contribution in [-0.2, 0) is 20.6 Å². The first kappa shape index (κ1) is 19.5. The first-order valence-corrected chi connectivity index (χ1v) is 9.25. The summed E-state index contributed by atoms with van der Waals surface area (Å²) in [4.78, 5) is 24.1. The van der Waals surface area contributed by atoms with E-state index in [1.54, 1.807) is 33.8 Å². The van der Waals surface area contributed by atoms with Crippen molar-refractivity contribution in [1.29, 1.82) is 0 Å². The minimum Gasteiger partial charge on any atom is -0.462 e. The van der Waals surface area contributed by atoms with E-state index >= 15 is 0 Å². The van der Waals surface area contributed by atoms with E-state index in [0.29, 0.717) is 12.2 Å². The van der Waals surface area contributed by atoms with E-state index in [2.05, 4.69) is 0 Å². The van der Waals surface area contributed by atoms with Crippen LogP contribution in [0, 0.1) is 0 Å². The Morgan fingerprint density at radius 3 is 2.56 bits per heavy atom. The summed E-state index contributed by atoms with van der Waals surface area (Å²) < 4.78 is 25.5. The number of halogens is 1. The molecule has 1 heterocycles. The Morgan fingerprint density at radius 2 is 1.96 bits per heavy atom. The summed E-state index contributed by atoms with van der Waals surface area (Å²) in [6.45, 7) is 7.74. The molecule has 9 heteroatoms. The number of carbonyl (C=O) groups is 2. The highest BCUT2D eigenvalue weighted by Gasteiger charge is 2.36. The largest absolute Gasteiger partial charge is 0.462 e. The van der Waals surface area contributed by atoms with E-state index in [1.807, 2.05) is 0 Å². The maximum absolute atomic E-state index is 12.6. The normalized spacial score (nSPS) is 17.6. The second kappa shape index (κ2) is 7.61. The van der Waals surface area contributed by atoms with Crippen LogP contribution in [-0.4, -0.2) is 45.9 Å². The van der Waals surface area contributed by atoms with Crippen LogP contribution in [0.3, 0.4) is 0 Å². The Labute approximate surface area is 154 Å². The van der Waals surface area contributed by atoms with Crippen LogP contribution in [0.4, 0.5) is 10.5 Å². The number of carbonyl (C=O) groups excluding carboxylic acids is 2. The molecule has 7 nitrogen and oxygen atoms in total. The third kappa shape index (κ3) is 4.64. The van der Waals surface area contributed by atoms with Crippen LogP contribution in [0.1, 0.15) is 38.1 Å². The third-order valence-electron chi connectivity index (χ3n) is 3.21. The van der Waals surface area contributed by atoms with E-state index in [-0.39, 0.29) is 23.7 Å². The van der Waals surface area contributed by atoms with E-state index < -0.39 is 28.8 Å². The number of nitrogens with zero attached hydrogens (tertiary/aromatic N) is 2. The maximum Gasteiger partial charge on any atom is 0.423 e. The van der Waals surface area contributed by atoms with Crippen molar-refractivity contribution in [2.24, 2.45) is 0 Å². The van der Waals surface area contributed by atoms with Gasteiger partial charge in [0.25, 0.3) is 0 Å². The van der Waals surface area contributed by atoms with E-state index in [4.69, 9.17) is 21.1 Å². The van der Waals surface area contributed by atoms with Crippen LogP contribution in [0.2, 0.25) is 5.02 Å². The predicted molar refractivity (Wildman–Crippen MR) is 95.8 cm³/mol. The van der Waals surface area contributed by atoms with Crippen LogP contribution in [0.15, 0.2) is 18.2 Å². The number of amides is 1. The molecule has 0 aliphatic carbocycles. The number of esters is 1. The molecule has 1 aromatic carbocycles. The van der Waals surface area contributed by atoms with Gasteiger partial charge in [-0.2, -0.15) is 0 Å². The summed E-state index contributed by atoms with van der Waals surface area (Å²) in [5.41, 5.74) is 0.0251. The summed E-state index contributed by atoms with van der Waals surface area (Å²) in [5, 5.41) is 0.246. The summed E-state index contributed by atoms with van der Waals surface area (Å²) in [6, 6.07) is 4.69. The highest BCUT2D eigenvalue weighted by atomic mass is 35.5. The maximum atomic E-state index is 12.6. The summed E-state index contributed by atoms with van der Waals surface area (Å²) in [7, 11) is 0. The van der Waals surface area contributed by atoms with Gasteiger partial charge in [0.15, 0.2) is 0 Å². The molecule has 1 saturated heterocycles. The molecule has 1 aliphatic heterocycles. The van der Waals surface area contributed by atoms with Crippen molar-refractivity contribution in [3.05, 3.63) is 28.8 Å². The molecule has 2 rings (SSSR count). The van der Waals surface area contributed by atoms with E-state index in [0.717, 1.165) is 4.31 Å². The topological polar surface area (TPSA) is 76.2 Å². The number of anilines is 1. The zero-order valence-electron chi connectivity index (χ0n) is 14.6. The molecule has 1 fully saturated rings. The monoisotopic (exact) mass is 388 g/mol. The second-order valence-corrected chi connectivity index (χ2v) is 8.05. The zero-order valence-corrected chi connectivity index (χ0v) is 16.1. The molecule has 0 spiro atoms. The second-order valence-electron chi connectivity index (χ2n) is 6.30. The van der Waals surface area contributed by atoms with Gasteiger partial charge in [0.1, 0.15) is 5.60 Å². The predicted octanol–water partition coefficient (Wildman–Crippen LogP) is 3.15. The summed E-state index contributed by atoms with van der Waals surface area (Å²) in [5.74, 6) is -0.552. The molecule has 1 aromatic rings. The minimum absolute atomic E-state index is 0.189. The van der Waals surface area contributed by atoms with E-state index in [1.165, 1.54) is 16.4 Å². The van der Waals surface area contributed by atoms with Crippen molar-refractivity contribution in [3.63, 3.8) is 0 Å². The minimum atomic E-state index is -1.75. The highest BCUT2D eigenvalue weighted by molar-refractivity contribution is 7.85. The van der Waals surface area contributed by atoms with Crippen molar-refractivity contribution in [1.82, 2.24) is 4.31 Å². The Kier molecular flexibility index (Phi) is 5.95. The lowest BCUT2D eigenvalue weighted by atomic mass is 10.2. The van der Waals surface area contributed by atoms with Crippen molar-refractivity contribution >= 4 is 40.5 Å². The van der Waals surface area contributed by atoms with Crippen LogP contribution in [0.25, 0.3) is 0 Å². The lowest BCUT2D eigenvalue weighted by Crippen LogP contribution is -2.37. The average molecular weight is 389 g/mol. The molecule has 0 N–H and O–H groups in total.